The van der Waals surface area contributed by atoms with Gasteiger partial charge in [0.2, 0.25) is 0 Å². The molecule has 0 spiro atoms. The van der Waals surface area contributed by atoms with Gasteiger partial charge in [-0.2, -0.15) is 0 Å². The number of carbonyl (C=O) groups excluding carboxylic acids is 1. The highest BCUT2D eigenvalue weighted by atomic mass is 79.9. The van der Waals surface area contributed by atoms with Gasteiger partial charge in [-0.25, -0.2) is 0 Å². The molecule has 0 atom stereocenters. The smallest absolute Gasteiger partial charge is 0.251 e. The van der Waals surface area contributed by atoms with Crippen LogP contribution in [0.5, 0.6) is 0 Å². The van der Waals surface area contributed by atoms with E-state index in [-0.39, 0.29) is 11.3 Å². The molecule has 0 bridgehead atoms. The van der Waals surface area contributed by atoms with Crippen molar-refractivity contribution < 1.29 is 4.79 Å². The molecule has 1 aliphatic rings. The van der Waals surface area contributed by atoms with Gasteiger partial charge in [0.25, 0.3) is 5.91 Å². The van der Waals surface area contributed by atoms with Crippen LogP contribution >= 0.6 is 27.5 Å². The summed E-state index contributed by atoms with van der Waals surface area (Å²) in [7, 11) is 0. The minimum absolute atomic E-state index is 0.0115. The van der Waals surface area contributed by atoms with Crippen LogP contribution in [0.1, 0.15) is 42.5 Å². The number of rotatable bonds is 4. The van der Waals surface area contributed by atoms with Crippen molar-refractivity contribution in [2.24, 2.45) is 5.41 Å². The highest BCUT2D eigenvalue weighted by molar-refractivity contribution is 9.09. The molecule has 0 saturated heterocycles. The van der Waals surface area contributed by atoms with Crippen LogP contribution in [0.2, 0.25) is 5.02 Å². The molecular formula is C15H19BrClNO. The number of alkyl halides is 1. The summed E-state index contributed by atoms with van der Waals surface area (Å²) in [5.41, 5.74) is 0.908. The number of hydrogen-bond donors (Lipinski definition) is 1. The minimum Gasteiger partial charge on any atom is -0.351 e. The normalized spacial score (nSPS) is 18.0. The molecule has 1 N–H and O–H groups in total. The molecule has 1 amide bonds. The van der Waals surface area contributed by atoms with E-state index in [4.69, 9.17) is 11.6 Å². The fraction of sp³-hybridized carbons (Fsp3) is 0.533. The van der Waals surface area contributed by atoms with Crippen molar-refractivity contribution in [2.45, 2.75) is 32.1 Å². The molecule has 0 heterocycles. The van der Waals surface area contributed by atoms with Gasteiger partial charge in [0.05, 0.1) is 0 Å². The third kappa shape index (κ3) is 3.96. The maximum atomic E-state index is 12.1. The summed E-state index contributed by atoms with van der Waals surface area (Å²) in [6, 6.07) is 7.02. The summed E-state index contributed by atoms with van der Waals surface area (Å²) in [5.74, 6) is -0.0115. The van der Waals surface area contributed by atoms with E-state index in [2.05, 4.69) is 21.2 Å². The van der Waals surface area contributed by atoms with E-state index in [0.717, 1.165) is 11.9 Å². The Balaban J connectivity index is 1.93. The number of amides is 1. The Morgan fingerprint density at radius 2 is 1.84 bits per heavy atom. The highest BCUT2D eigenvalue weighted by Gasteiger charge is 2.31. The zero-order valence-electron chi connectivity index (χ0n) is 10.9. The Morgan fingerprint density at radius 3 is 2.42 bits per heavy atom. The average molecular weight is 345 g/mol. The molecule has 0 unspecified atom stereocenters. The fourth-order valence-corrected chi connectivity index (χ4v) is 3.52. The van der Waals surface area contributed by atoms with Crippen LogP contribution in [0.15, 0.2) is 24.3 Å². The monoisotopic (exact) mass is 343 g/mol. The zero-order chi connectivity index (χ0) is 13.7. The first kappa shape index (κ1) is 14.9. The second-order valence-electron chi connectivity index (χ2n) is 5.38. The average Bonchev–Trinajstić information content (AvgIpc) is 2.46. The van der Waals surface area contributed by atoms with Gasteiger partial charge in [-0.05, 0) is 42.5 Å². The van der Waals surface area contributed by atoms with Crippen molar-refractivity contribution in [2.75, 3.05) is 11.9 Å². The van der Waals surface area contributed by atoms with Crippen LogP contribution in [-0.2, 0) is 0 Å². The van der Waals surface area contributed by atoms with E-state index in [1.807, 2.05) is 0 Å². The molecule has 0 aliphatic heterocycles. The van der Waals surface area contributed by atoms with Crippen LogP contribution < -0.4 is 5.32 Å². The standard InChI is InChI=1S/C15H19BrClNO/c16-10-15(8-2-1-3-9-15)11-18-14(19)12-4-6-13(17)7-5-12/h4-7H,1-3,8-11H2,(H,18,19). The molecule has 1 aliphatic carbocycles. The van der Waals surface area contributed by atoms with Gasteiger partial charge in [-0.1, -0.05) is 46.8 Å². The van der Waals surface area contributed by atoms with E-state index >= 15 is 0 Å². The SMILES string of the molecule is O=C(NCC1(CBr)CCCCC1)c1ccc(Cl)cc1. The first-order valence-electron chi connectivity index (χ1n) is 6.75. The summed E-state index contributed by atoms with van der Waals surface area (Å²) in [6.07, 6.45) is 6.24. The number of carbonyl (C=O) groups is 1. The van der Waals surface area contributed by atoms with Gasteiger partial charge in [0.1, 0.15) is 0 Å². The summed E-state index contributed by atoms with van der Waals surface area (Å²) < 4.78 is 0. The molecule has 1 fully saturated rings. The predicted molar refractivity (Wildman–Crippen MR) is 83.1 cm³/mol. The molecule has 0 aromatic heterocycles. The third-order valence-electron chi connectivity index (χ3n) is 3.93. The van der Waals surface area contributed by atoms with Crippen molar-refractivity contribution in [1.29, 1.82) is 0 Å². The molecular weight excluding hydrogens is 326 g/mol. The molecule has 19 heavy (non-hydrogen) atoms. The summed E-state index contributed by atoms with van der Waals surface area (Å²) in [6.45, 7) is 0.750. The molecule has 0 radical (unpaired) electrons. The van der Waals surface area contributed by atoms with Crippen LogP contribution in [0.4, 0.5) is 0 Å². The Morgan fingerprint density at radius 1 is 1.21 bits per heavy atom. The van der Waals surface area contributed by atoms with Crippen molar-refractivity contribution in [3.05, 3.63) is 34.9 Å². The predicted octanol–water partition coefficient (Wildman–Crippen LogP) is 4.42. The van der Waals surface area contributed by atoms with E-state index in [0.29, 0.717) is 10.6 Å². The van der Waals surface area contributed by atoms with Crippen molar-refractivity contribution in [1.82, 2.24) is 5.32 Å². The third-order valence-corrected chi connectivity index (χ3v) is 5.37. The van der Waals surface area contributed by atoms with Gasteiger partial charge in [0, 0.05) is 22.5 Å². The summed E-state index contributed by atoms with van der Waals surface area (Å²) >= 11 is 9.44. The molecule has 2 rings (SSSR count). The quantitative estimate of drug-likeness (QED) is 0.805. The Kier molecular flexibility index (Phi) is 5.28. The van der Waals surface area contributed by atoms with Crippen molar-refractivity contribution in [3.8, 4) is 0 Å². The summed E-state index contributed by atoms with van der Waals surface area (Å²) in [5, 5.41) is 4.68. The number of hydrogen-bond acceptors (Lipinski definition) is 1. The highest BCUT2D eigenvalue weighted by Crippen LogP contribution is 2.37. The van der Waals surface area contributed by atoms with Crippen molar-refractivity contribution in [3.63, 3.8) is 0 Å². The molecule has 4 heteroatoms. The van der Waals surface area contributed by atoms with Crippen molar-refractivity contribution >= 4 is 33.4 Å². The Hall–Kier alpha value is -0.540. The lowest BCUT2D eigenvalue weighted by Crippen LogP contribution is -2.40. The van der Waals surface area contributed by atoms with E-state index in [1.54, 1.807) is 24.3 Å². The number of halogens is 2. The molecule has 2 nitrogen and oxygen atoms in total. The maximum Gasteiger partial charge on any atom is 0.251 e. The molecule has 1 aromatic rings. The molecule has 1 saturated carbocycles. The first-order valence-corrected chi connectivity index (χ1v) is 8.25. The Bertz CT molecular complexity index is 426. The van der Waals surface area contributed by atoms with Gasteiger partial charge >= 0.3 is 0 Å². The van der Waals surface area contributed by atoms with Crippen LogP contribution in [0.3, 0.4) is 0 Å². The maximum absolute atomic E-state index is 12.1. The van der Waals surface area contributed by atoms with Gasteiger partial charge in [0.15, 0.2) is 0 Å². The second kappa shape index (κ2) is 6.76. The van der Waals surface area contributed by atoms with Crippen LogP contribution in [-0.4, -0.2) is 17.8 Å². The topological polar surface area (TPSA) is 29.1 Å². The van der Waals surface area contributed by atoms with Gasteiger partial charge < -0.3 is 5.32 Å². The lowest BCUT2D eigenvalue weighted by Gasteiger charge is -2.35. The Labute approximate surface area is 128 Å². The fourth-order valence-electron chi connectivity index (χ4n) is 2.63. The van der Waals surface area contributed by atoms with Crippen LogP contribution in [0, 0.1) is 5.41 Å². The number of nitrogens with one attached hydrogen (secondary N) is 1. The lowest BCUT2D eigenvalue weighted by molar-refractivity contribution is 0.0922. The summed E-state index contributed by atoms with van der Waals surface area (Å²) in [4.78, 5) is 12.1. The minimum atomic E-state index is -0.0115. The lowest BCUT2D eigenvalue weighted by atomic mass is 9.75. The van der Waals surface area contributed by atoms with E-state index in [9.17, 15) is 4.79 Å². The van der Waals surface area contributed by atoms with E-state index in [1.165, 1.54) is 32.1 Å². The van der Waals surface area contributed by atoms with E-state index < -0.39 is 0 Å². The second-order valence-corrected chi connectivity index (χ2v) is 6.38. The molecule has 104 valence electrons. The zero-order valence-corrected chi connectivity index (χ0v) is 13.3. The molecule has 1 aromatic carbocycles. The van der Waals surface area contributed by atoms with Gasteiger partial charge in [-0.3, -0.25) is 4.79 Å². The van der Waals surface area contributed by atoms with Crippen LogP contribution in [0.25, 0.3) is 0 Å². The van der Waals surface area contributed by atoms with Gasteiger partial charge in [-0.15, -0.1) is 0 Å². The largest absolute Gasteiger partial charge is 0.351 e. The first-order chi connectivity index (χ1) is 9.15. The number of benzene rings is 1.